The van der Waals surface area contributed by atoms with E-state index in [9.17, 15) is 4.79 Å². The number of aromatic nitrogens is 3. The Morgan fingerprint density at radius 2 is 1.97 bits per heavy atom. The van der Waals surface area contributed by atoms with Gasteiger partial charge in [-0.25, -0.2) is 9.67 Å². The maximum absolute atomic E-state index is 11.7. The smallest absolute Gasteiger partial charge is 0.311 e. The Balaban J connectivity index is 1.69. The second-order valence-electron chi connectivity index (χ2n) is 7.54. The van der Waals surface area contributed by atoms with Crippen LogP contribution in [0.1, 0.15) is 50.8 Å². The molecular weight excluding hydrogens is 430 g/mol. The van der Waals surface area contributed by atoms with Crippen molar-refractivity contribution in [1.29, 1.82) is 0 Å². The normalized spacial score (nSPS) is 10.9. The van der Waals surface area contributed by atoms with Crippen LogP contribution in [-0.2, 0) is 11.2 Å². The Labute approximate surface area is 193 Å². The van der Waals surface area contributed by atoms with E-state index in [0.29, 0.717) is 28.9 Å². The number of methoxy groups -OCH3 is 1. The molecule has 2 heterocycles. The van der Waals surface area contributed by atoms with Crippen molar-refractivity contribution in [1.82, 2.24) is 14.8 Å². The zero-order valence-corrected chi connectivity index (χ0v) is 19.6. The summed E-state index contributed by atoms with van der Waals surface area (Å²) in [6, 6.07) is 8.87. The third-order valence-electron chi connectivity index (χ3n) is 4.83. The predicted molar refractivity (Wildman–Crippen MR) is 123 cm³/mol. The summed E-state index contributed by atoms with van der Waals surface area (Å²) < 4.78 is 18.5. The highest BCUT2D eigenvalue weighted by molar-refractivity contribution is 6.30. The van der Waals surface area contributed by atoms with Crippen LogP contribution in [0, 0.1) is 0 Å². The molecule has 32 heavy (non-hydrogen) atoms. The molecule has 0 aliphatic heterocycles. The minimum absolute atomic E-state index is 0.272. The van der Waals surface area contributed by atoms with Crippen molar-refractivity contribution in [2.75, 3.05) is 13.7 Å². The van der Waals surface area contributed by atoms with Crippen LogP contribution in [0.3, 0.4) is 0 Å². The van der Waals surface area contributed by atoms with E-state index >= 15 is 0 Å². The van der Waals surface area contributed by atoms with Crippen molar-refractivity contribution in [3.63, 3.8) is 0 Å². The van der Waals surface area contributed by atoms with E-state index in [4.69, 9.17) is 30.9 Å². The summed E-state index contributed by atoms with van der Waals surface area (Å²) in [5.41, 5.74) is 2.16. The van der Waals surface area contributed by atoms with Crippen molar-refractivity contribution >= 4 is 17.6 Å². The molecule has 0 unspecified atom stereocenters. The molecule has 0 aliphatic carbocycles. The quantitative estimate of drug-likeness (QED) is 0.231. The molecule has 3 aromatic rings. The van der Waals surface area contributed by atoms with E-state index in [0.717, 1.165) is 29.9 Å². The minimum Gasteiger partial charge on any atom is -0.493 e. The number of ether oxygens (including phenoxy) is 3. The van der Waals surface area contributed by atoms with Crippen molar-refractivity contribution in [2.24, 2.45) is 0 Å². The molecule has 0 atom stereocenters. The molecule has 0 saturated heterocycles. The van der Waals surface area contributed by atoms with Gasteiger partial charge in [-0.3, -0.25) is 4.79 Å². The van der Waals surface area contributed by atoms with Gasteiger partial charge < -0.3 is 14.2 Å². The maximum Gasteiger partial charge on any atom is 0.311 e. The molecule has 2 aromatic heterocycles. The second-order valence-corrected chi connectivity index (χ2v) is 7.98. The van der Waals surface area contributed by atoms with Gasteiger partial charge in [-0.05, 0) is 48.6 Å². The number of carbonyl (C=O) groups is 1. The summed E-state index contributed by atoms with van der Waals surface area (Å²) >= 11 is 5.95. The van der Waals surface area contributed by atoms with Crippen LogP contribution in [0.5, 0.6) is 17.2 Å². The molecule has 8 heteroatoms. The Kier molecular flexibility index (Phi) is 8.11. The molecule has 0 amide bonds. The average Bonchev–Trinajstić information content (AvgIpc) is 3.22. The van der Waals surface area contributed by atoms with Gasteiger partial charge in [-0.15, -0.1) is 0 Å². The SMILES string of the molecule is CCC(=O)Oc1cccc(OC)c1OCCCc1cn(-c2ccc(Cl)cn2)nc1C(C)C. The van der Waals surface area contributed by atoms with Crippen LogP contribution >= 0.6 is 11.6 Å². The molecule has 7 nitrogen and oxygen atoms in total. The highest BCUT2D eigenvalue weighted by Gasteiger charge is 2.16. The van der Waals surface area contributed by atoms with Crippen molar-refractivity contribution in [2.45, 2.75) is 46.0 Å². The number of rotatable bonds is 10. The molecule has 0 saturated carbocycles. The molecule has 3 rings (SSSR count). The molecule has 0 radical (unpaired) electrons. The van der Waals surface area contributed by atoms with E-state index in [1.54, 1.807) is 49.2 Å². The first-order chi connectivity index (χ1) is 15.4. The molecule has 0 N–H and O–H groups in total. The van der Waals surface area contributed by atoms with Crippen LogP contribution < -0.4 is 14.2 Å². The largest absolute Gasteiger partial charge is 0.493 e. The first kappa shape index (κ1) is 23.6. The fraction of sp³-hybridized carbons (Fsp3) is 0.375. The van der Waals surface area contributed by atoms with Gasteiger partial charge in [0, 0.05) is 18.8 Å². The molecule has 170 valence electrons. The maximum atomic E-state index is 11.7. The van der Waals surface area contributed by atoms with Crippen LogP contribution in [0.15, 0.2) is 42.7 Å². The zero-order valence-electron chi connectivity index (χ0n) is 18.8. The number of benzene rings is 1. The first-order valence-electron chi connectivity index (χ1n) is 10.6. The monoisotopic (exact) mass is 457 g/mol. The zero-order chi connectivity index (χ0) is 23.1. The van der Waals surface area contributed by atoms with E-state index in [1.807, 2.05) is 12.3 Å². The predicted octanol–water partition coefficient (Wildman–Crippen LogP) is 5.38. The Morgan fingerprint density at radius 3 is 2.62 bits per heavy atom. The lowest BCUT2D eigenvalue weighted by molar-refractivity contribution is -0.134. The number of pyridine rings is 1. The number of halogens is 1. The molecule has 0 aliphatic rings. The lowest BCUT2D eigenvalue weighted by Gasteiger charge is -2.14. The molecule has 0 bridgehead atoms. The summed E-state index contributed by atoms with van der Waals surface area (Å²) in [7, 11) is 1.56. The highest BCUT2D eigenvalue weighted by Crippen LogP contribution is 2.37. The summed E-state index contributed by atoms with van der Waals surface area (Å²) in [4.78, 5) is 16.1. The van der Waals surface area contributed by atoms with Crippen LogP contribution in [0.2, 0.25) is 5.02 Å². The summed E-state index contributed by atoms with van der Waals surface area (Å²) in [6.07, 6.45) is 5.42. The summed E-state index contributed by atoms with van der Waals surface area (Å²) in [5.74, 6) is 1.98. The highest BCUT2D eigenvalue weighted by atomic mass is 35.5. The number of nitrogens with zero attached hydrogens (tertiary/aromatic N) is 3. The van der Waals surface area contributed by atoms with E-state index < -0.39 is 0 Å². The molecule has 1 aromatic carbocycles. The van der Waals surface area contributed by atoms with Crippen molar-refractivity contribution < 1.29 is 19.0 Å². The van der Waals surface area contributed by atoms with E-state index in [1.165, 1.54) is 0 Å². The standard InChI is InChI=1S/C24H28ClN3O4/c1-5-22(29)32-20-10-6-9-19(30-4)24(20)31-13-7-8-17-15-28(27-23(17)16(2)3)21-12-11-18(25)14-26-21/h6,9-12,14-16H,5,7-8,13H2,1-4H3. The lowest BCUT2D eigenvalue weighted by atomic mass is 10.0. The lowest BCUT2D eigenvalue weighted by Crippen LogP contribution is -2.09. The third-order valence-corrected chi connectivity index (χ3v) is 5.05. The minimum atomic E-state index is -0.326. The van der Waals surface area contributed by atoms with Crippen LogP contribution in [-0.4, -0.2) is 34.5 Å². The van der Waals surface area contributed by atoms with Gasteiger partial charge in [-0.2, -0.15) is 5.10 Å². The van der Waals surface area contributed by atoms with E-state index in [-0.39, 0.29) is 18.3 Å². The second kappa shape index (κ2) is 11.0. The molecular formula is C24H28ClN3O4. The Bertz CT molecular complexity index is 1050. The third kappa shape index (κ3) is 5.79. The van der Waals surface area contributed by atoms with Crippen LogP contribution in [0.25, 0.3) is 5.82 Å². The Morgan fingerprint density at radius 1 is 1.19 bits per heavy atom. The van der Waals surface area contributed by atoms with E-state index in [2.05, 4.69) is 18.8 Å². The number of hydrogen-bond donors (Lipinski definition) is 0. The number of carbonyl (C=O) groups excluding carboxylic acids is 1. The summed E-state index contributed by atoms with van der Waals surface area (Å²) in [6.45, 7) is 6.41. The van der Waals surface area contributed by atoms with Gasteiger partial charge in [0.25, 0.3) is 0 Å². The molecule has 0 fully saturated rings. The fourth-order valence-electron chi connectivity index (χ4n) is 3.23. The van der Waals surface area contributed by atoms with Crippen molar-refractivity contribution in [3.05, 3.63) is 59.0 Å². The van der Waals surface area contributed by atoms with Gasteiger partial charge >= 0.3 is 5.97 Å². The summed E-state index contributed by atoms with van der Waals surface area (Å²) in [5, 5.41) is 5.31. The Hall–Kier alpha value is -3.06. The number of aryl methyl sites for hydroxylation is 1. The first-order valence-corrected chi connectivity index (χ1v) is 11.0. The fourth-order valence-corrected chi connectivity index (χ4v) is 3.35. The van der Waals surface area contributed by atoms with Gasteiger partial charge in [0.15, 0.2) is 17.3 Å². The van der Waals surface area contributed by atoms with Crippen LogP contribution in [0.4, 0.5) is 0 Å². The van der Waals surface area contributed by atoms with Gasteiger partial charge in [0.1, 0.15) is 0 Å². The number of hydrogen-bond acceptors (Lipinski definition) is 6. The van der Waals surface area contributed by atoms with Crippen molar-refractivity contribution in [3.8, 4) is 23.1 Å². The number of esters is 1. The molecule has 0 spiro atoms. The average molecular weight is 458 g/mol. The van der Waals surface area contributed by atoms with Gasteiger partial charge in [0.2, 0.25) is 5.75 Å². The topological polar surface area (TPSA) is 75.5 Å². The number of para-hydroxylation sites is 1. The van der Waals surface area contributed by atoms with Gasteiger partial charge in [0.05, 0.1) is 24.4 Å². The van der Waals surface area contributed by atoms with Gasteiger partial charge in [-0.1, -0.05) is 38.4 Å².